The van der Waals surface area contributed by atoms with E-state index in [1.165, 1.54) is 10.9 Å². The van der Waals surface area contributed by atoms with Crippen molar-refractivity contribution in [3.63, 3.8) is 0 Å². The topological polar surface area (TPSA) is 365 Å². The summed E-state index contributed by atoms with van der Waals surface area (Å²) in [7, 11) is 0. The Kier molecular flexibility index (Phi) is 40.3. The average molecular weight is 1200 g/mol. The fourth-order valence-corrected chi connectivity index (χ4v) is 9.11. The third kappa shape index (κ3) is 35.4. The van der Waals surface area contributed by atoms with E-state index in [0.717, 1.165) is 25.0 Å². The smallest absolute Gasteiger partial charge is 0.321 e. The van der Waals surface area contributed by atoms with Gasteiger partial charge in [-0.15, -0.1) is 0 Å². The third-order valence-electron chi connectivity index (χ3n) is 11.8. The van der Waals surface area contributed by atoms with Crippen molar-refractivity contribution in [1.29, 1.82) is 0 Å². The fourth-order valence-electron chi connectivity index (χ4n) is 7.57. The Morgan fingerprint density at radius 3 is 1.64 bits per heavy atom. The van der Waals surface area contributed by atoms with E-state index in [9.17, 15) is 24.3 Å². The molecular formula is C52H86N12O18S. The minimum absolute atomic E-state index is 0.0314. The van der Waals surface area contributed by atoms with Gasteiger partial charge in [0.05, 0.1) is 171 Å². The molecule has 2 saturated heterocycles. The molecule has 468 valence electrons. The van der Waals surface area contributed by atoms with Gasteiger partial charge in [0.15, 0.2) is 0 Å². The van der Waals surface area contributed by atoms with Crippen LogP contribution in [0.5, 0.6) is 0 Å². The highest BCUT2D eigenvalue weighted by Gasteiger charge is 2.42. The molecule has 0 saturated carbocycles. The molecule has 1 aromatic carbocycles. The van der Waals surface area contributed by atoms with E-state index < -0.39 is 11.9 Å². The number of aliphatic imine (C=N–C) groups is 1. The number of hydrogen-bond donors (Lipinski definition) is 6. The van der Waals surface area contributed by atoms with Crippen LogP contribution < -0.4 is 41.7 Å². The standard InChI is InChI=1S/C52H86N12O18S/c53-62-58-12-3-11-56-50(67)42-6-8-43(9-7-42)64-40-48(82-63-64)60-51(68)57-14-13-54-47(66)10-16-70-18-20-72-22-24-74-26-28-76-30-32-78-34-36-80-38-39-81-37-35-79-33-31-77-29-27-75-25-23-73-21-19-71-17-15-55-46(65)5-2-1-4-45-49-44(41-83-45)59-52(69)61-49/h6-9,40,44-45,49H,1-5,10-39,41H2,(H6-,54,55,56,57,59,60,61,63,65,66,67,68,69)/t44-,45-,49-/m0/s1. The Balaban J connectivity index is 0.757. The van der Waals surface area contributed by atoms with E-state index in [1.807, 2.05) is 11.8 Å². The number of fused-ring (bicyclic) bond motifs is 1. The molecule has 1 aromatic heterocycles. The highest BCUT2D eigenvalue weighted by molar-refractivity contribution is 8.00. The van der Waals surface area contributed by atoms with Crippen molar-refractivity contribution in [2.45, 2.75) is 55.9 Å². The molecule has 30 nitrogen and oxygen atoms in total. The predicted molar refractivity (Wildman–Crippen MR) is 300 cm³/mol. The van der Waals surface area contributed by atoms with Crippen LogP contribution in [0.15, 0.2) is 45.1 Å². The Bertz CT molecular complexity index is 2120. The SMILES string of the molecule is [N-]=[N+]=NCCCN=C([O-])c1ccc(-[n+]2cc(NC(=O)NCCNC(=O)CCOCCOCCOCCOCCOCCOCCOCCOCCOCCOCCOCCOCCNC(=O)CCCC[C@@H]3SC[C@@H]4NC(=O)N[C@@H]43)on2)cc1. The van der Waals surface area contributed by atoms with Crippen LogP contribution in [-0.2, 0) is 66.4 Å². The van der Waals surface area contributed by atoms with Gasteiger partial charge >= 0.3 is 17.9 Å². The minimum atomic E-state index is -0.556. The number of benzene rings is 1. The summed E-state index contributed by atoms with van der Waals surface area (Å²) in [5, 5.41) is 36.6. The van der Waals surface area contributed by atoms with E-state index in [-0.39, 0.29) is 75.0 Å². The molecule has 2 aromatic rings. The summed E-state index contributed by atoms with van der Waals surface area (Å²) in [6, 6.07) is 6.29. The minimum Gasteiger partial charge on any atom is -0.858 e. The molecule has 31 heteroatoms. The Hall–Kier alpha value is -5.51. The van der Waals surface area contributed by atoms with Crippen molar-refractivity contribution in [3.05, 3.63) is 46.5 Å². The first-order valence-corrected chi connectivity index (χ1v) is 29.3. The van der Waals surface area contributed by atoms with Crippen LogP contribution in [-0.4, -0.2) is 249 Å². The second kappa shape index (κ2) is 47.8. The number of hydrogen-bond acceptors (Lipinski definition) is 22. The van der Waals surface area contributed by atoms with E-state index in [0.29, 0.717) is 188 Å². The number of nitrogens with one attached hydrogen (secondary N) is 6. The van der Waals surface area contributed by atoms with E-state index in [4.69, 9.17) is 66.9 Å². The predicted octanol–water partition coefficient (Wildman–Crippen LogP) is 0.428. The maximum absolute atomic E-state index is 12.3. The van der Waals surface area contributed by atoms with Crippen molar-refractivity contribution in [2.24, 2.45) is 10.1 Å². The fraction of sp³-hybridized carbons (Fsp3) is 0.750. The first-order chi connectivity index (χ1) is 40.8. The zero-order valence-corrected chi connectivity index (χ0v) is 48.3. The summed E-state index contributed by atoms with van der Waals surface area (Å²) >= 11 is 1.89. The normalized spacial score (nSPS) is 15.6. The van der Waals surface area contributed by atoms with Gasteiger partial charge in [-0.1, -0.05) is 11.5 Å². The monoisotopic (exact) mass is 1200 g/mol. The van der Waals surface area contributed by atoms with Gasteiger partial charge in [-0.25, -0.2) is 9.59 Å². The number of nitrogens with zero attached hydrogens (tertiary/aromatic N) is 6. The molecule has 0 aliphatic carbocycles. The molecule has 83 heavy (non-hydrogen) atoms. The maximum atomic E-state index is 12.3. The maximum Gasteiger partial charge on any atom is 0.321 e. The number of carbonyl (C=O) groups is 4. The van der Waals surface area contributed by atoms with Gasteiger partial charge in [-0.2, -0.15) is 11.8 Å². The molecule has 6 N–H and O–H groups in total. The molecule has 6 amide bonds. The number of carbonyl (C=O) groups excluding carboxylic acids is 4. The zero-order valence-electron chi connectivity index (χ0n) is 47.5. The Morgan fingerprint density at radius 1 is 0.627 bits per heavy atom. The molecule has 2 fully saturated rings. The molecule has 0 radical (unpaired) electrons. The number of amides is 6. The van der Waals surface area contributed by atoms with Crippen molar-refractivity contribution in [3.8, 4) is 5.69 Å². The largest absolute Gasteiger partial charge is 0.858 e. The molecular weight excluding hydrogens is 1110 g/mol. The number of aromatic nitrogens is 2. The lowest BCUT2D eigenvalue weighted by Gasteiger charge is -2.16. The van der Waals surface area contributed by atoms with E-state index in [1.54, 1.807) is 24.3 Å². The van der Waals surface area contributed by atoms with E-state index in [2.05, 4.69) is 52.2 Å². The van der Waals surface area contributed by atoms with Crippen molar-refractivity contribution < 1.29 is 90.3 Å². The van der Waals surface area contributed by atoms with Gasteiger partial charge in [0.25, 0.3) is 6.20 Å². The number of urea groups is 2. The quantitative estimate of drug-likeness (QED) is 0.00764. The summed E-state index contributed by atoms with van der Waals surface area (Å²) in [6.45, 7) is 11.7. The highest BCUT2D eigenvalue weighted by Crippen LogP contribution is 2.33. The molecule has 2 aliphatic rings. The van der Waals surface area contributed by atoms with Gasteiger partial charge in [-0.05, 0) is 53.1 Å². The second-order valence-corrected chi connectivity index (χ2v) is 19.4. The van der Waals surface area contributed by atoms with Crippen LogP contribution >= 0.6 is 11.8 Å². The lowest BCUT2D eigenvalue weighted by molar-refractivity contribution is -0.670. The van der Waals surface area contributed by atoms with Gasteiger partial charge < -0.3 is 93.5 Å². The Morgan fingerprint density at radius 2 is 1.11 bits per heavy atom. The van der Waals surface area contributed by atoms with Crippen molar-refractivity contribution in [1.82, 2.24) is 31.9 Å². The Labute approximate surface area is 488 Å². The first kappa shape index (κ1) is 70.0. The number of ether oxygens (including phenoxy) is 12. The van der Waals surface area contributed by atoms with Crippen LogP contribution in [0, 0.1) is 0 Å². The molecule has 2 aliphatic heterocycles. The third-order valence-corrected chi connectivity index (χ3v) is 13.3. The number of thioether (sulfide) groups is 1. The number of azide groups is 1. The molecule has 3 heterocycles. The first-order valence-electron chi connectivity index (χ1n) is 28.2. The number of rotatable bonds is 54. The molecule has 4 rings (SSSR count). The van der Waals surface area contributed by atoms with Gasteiger partial charge in [-0.3, -0.25) is 19.4 Å². The molecule has 3 atom stereocenters. The summed E-state index contributed by atoms with van der Waals surface area (Å²) in [5.41, 5.74) is 9.26. The van der Waals surface area contributed by atoms with Crippen molar-refractivity contribution in [2.75, 3.05) is 202 Å². The van der Waals surface area contributed by atoms with E-state index >= 15 is 0 Å². The lowest BCUT2D eigenvalue weighted by Crippen LogP contribution is -2.37. The van der Waals surface area contributed by atoms with Gasteiger partial charge in [0, 0.05) is 73.6 Å². The molecule has 0 spiro atoms. The lowest BCUT2D eigenvalue weighted by atomic mass is 10.0. The summed E-state index contributed by atoms with van der Waals surface area (Å²) in [5.74, 6) is 0.437. The number of anilines is 1. The summed E-state index contributed by atoms with van der Waals surface area (Å²) < 4.78 is 72.6. The highest BCUT2D eigenvalue weighted by atomic mass is 32.2. The van der Waals surface area contributed by atoms with Crippen LogP contribution in [0.1, 0.15) is 44.1 Å². The van der Waals surface area contributed by atoms with Crippen LogP contribution in [0.2, 0.25) is 0 Å². The zero-order chi connectivity index (χ0) is 58.9. The van der Waals surface area contributed by atoms with Crippen LogP contribution in [0.3, 0.4) is 0 Å². The van der Waals surface area contributed by atoms with Gasteiger partial charge in [0.2, 0.25) is 22.8 Å². The molecule has 0 unspecified atom stereocenters. The number of unbranched alkanes of at least 4 members (excludes halogenated alkanes) is 1. The van der Waals surface area contributed by atoms with Crippen LogP contribution in [0.4, 0.5) is 15.5 Å². The summed E-state index contributed by atoms with van der Waals surface area (Å²) in [4.78, 5) is 54.6. The summed E-state index contributed by atoms with van der Waals surface area (Å²) in [6.07, 6.45) is 5.37. The van der Waals surface area contributed by atoms with Crippen LogP contribution in [0.25, 0.3) is 16.1 Å². The van der Waals surface area contributed by atoms with Gasteiger partial charge in [0.1, 0.15) is 0 Å². The average Bonchev–Trinajstić information content (AvgIpc) is 4.24. The van der Waals surface area contributed by atoms with Crippen molar-refractivity contribution >= 4 is 47.4 Å². The second-order valence-electron chi connectivity index (χ2n) is 18.1. The molecule has 0 bridgehead atoms.